The highest BCUT2D eigenvalue weighted by Gasteiger charge is 2.15. The van der Waals surface area contributed by atoms with E-state index in [0.29, 0.717) is 11.2 Å². The number of unbranched alkanes of at least 4 members (excludes halogenated alkanes) is 2. The van der Waals surface area contributed by atoms with Crippen molar-refractivity contribution in [3.8, 4) is 16.9 Å². The lowest BCUT2D eigenvalue weighted by Crippen LogP contribution is -2.10. The van der Waals surface area contributed by atoms with E-state index in [1.165, 1.54) is 0 Å². The molecule has 0 N–H and O–H groups in total. The fourth-order valence-corrected chi connectivity index (χ4v) is 3.75. The van der Waals surface area contributed by atoms with E-state index in [1.54, 1.807) is 13.4 Å². The molecule has 0 aliphatic carbocycles. The first-order valence-electron chi connectivity index (χ1n) is 9.74. The maximum Gasteiger partial charge on any atom is 0.339 e. The monoisotopic (exact) mass is 376 g/mol. The van der Waals surface area contributed by atoms with Gasteiger partial charge in [0.05, 0.1) is 13.4 Å². The number of aryl methyl sites for hydroxylation is 1. The van der Waals surface area contributed by atoms with Crippen LogP contribution in [0.2, 0.25) is 0 Å². The van der Waals surface area contributed by atoms with Gasteiger partial charge in [0, 0.05) is 28.0 Å². The topological polar surface area (TPSA) is 52.6 Å². The van der Waals surface area contributed by atoms with Gasteiger partial charge in [-0.3, -0.25) is 0 Å². The van der Waals surface area contributed by atoms with Gasteiger partial charge < -0.3 is 13.6 Å². The van der Waals surface area contributed by atoms with E-state index in [1.807, 2.05) is 37.3 Å². The summed E-state index contributed by atoms with van der Waals surface area (Å²) in [5, 5.41) is 1.98. The molecule has 0 atom stereocenters. The standard InChI is InChI=1S/C24H24O4/c1-4-5-6-7-18-15(2)19-12-20-21(16-8-10-17(26-3)11-9-16)14-27-22(20)13-23(19)28-24(18)25/h8-14H,4-7H2,1-3H3. The van der Waals surface area contributed by atoms with Crippen LogP contribution in [0.15, 0.2) is 56.3 Å². The molecule has 4 heteroatoms. The van der Waals surface area contributed by atoms with Gasteiger partial charge in [-0.15, -0.1) is 0 Å². The second-order valence-corrected chi connectivity index (χ2v) is 7.17. The molecule has 2 heterocycles. The third-order valence-electron chi connectivity index (χ3n) is 5.41. The highest BCUT2D eigenvalue weighted by Crippen LogP contribution is 2.35. The summed E-state index contributed by atoms with van der Waals surface area (Å²) in [5.41, 5.74) is 4.91. The van der Waals surface area contributed by atoms with Crippen molar-refractivity contribution in [2.75, 3.05) is 7.11 Å². The quantitative estimate of drug-likeness (QED) is 0.294. The number of ether oxygens (including phenoxy) is 1. The van der Waals surface area contributed by atoms with Crippen LogP contribution in [-0.4, -0.2) is 7.11 Å². The SMILES string of the molecule is CCCCCc1c(C)c2cc3c(-c4ccc(OC)cc4)coc3cc2oc1=O. The minimum absolute atomic E-state index is 0.234. The number of hydrogen-bond donors (Lipinski definition) is 0. The summed E-state index contributed by atoms with van der Waals surface area (Å²) in [6, 6.07) is 11.8. The second-order valence-electron chi connectivity index (χ2n) is 7.17. The number of rotatable bonds is 6. The van der Waals surface area contributed by atoms with Crippen LogP contribution in [0.1, 0.15) is 37.3 Å². The molecule has 0 aliphatic heterocycles. The molecule has 0 saturated heterocycles. The lowest BCUT2D eigenvalue weighted by molar-refractivity contribution is 0.415. The molecular weight excluding hydrogens is 352 g/mol. The highest BCUT2D eigenvalue weighted by molar-refractivity contribution is 6.02. The van der Waals surface area contributed by atoms with Gasteiger partial charge in [0.1, 0.15) is 16.9 Å². The molecule has 0 aliphatic rings. The van der Waals surface area contributed by atoms with E-state index < -0.39 is 0 Å². The van der Waals surface area contributed by atoms with Crippen molar-refractivity contribution in [1.82, 2.24) is 0 Å². The Balaban J connectivity index is 1.85. The van der Waals surface area contributed by atoms with Crippen LogP contribution in [0.5, 0.6) is 5.75 Å². The van der Waals surface area contributed by atoms with E-state index >= 15 is 0 Å². The summed E-state index contributed by atoms with van der Waals surface area (Å²) in [4.78, 5) is 12.5. The van der Waals surface area contributed by atoms with Crippen molar-refractivity contribution in [3.05, 3.63) is 64.2 Å². The Labute approximate surface area is 163 Å². The van der Waals surface area contributed by atoms with Crippen molar-refractivity contribution >= 4 is 21.9 Å². The normalized spacial score (nSPS) is 11.4. The van der Waals surface area contributed by atoms with Gasteiger partial charge in [-0.25, -0.2) is 4.79 Å². The molecule has 144 valence electrons. The summed E-state index contributed by atoms with van der Waals surface area (Å²) in [6.45, 7) is 4.17. The van der Waals surface area contributed by atoms with Gasteiger partial charge >= 0.3 is 5.63 Å². The third kappa shape index (κ3) is 3.19. The largest absolute Gasteiger partial charge is 0.497 e. The van der Waals surface area contributed by atoms with Crippen molar-refractivity contribution < 1.29 is 13.6 Å². The van der Waals surface area contributed by atoms with Gasteiger partial charge in [0.15, 0.2) is 0 Å². The van der Waals surface area contributed by atoms with Crippen LogP contribution < -0.4 is 10.4 Å². The van der Waals surface area contributed by atoms with Gasteiger partial charge in [-0.05, 0) is 49.1 Å². The molecule has 0 amide bonds. The first-order valence-corrected chi connectivity index (χ1v) is 9.74. The molecule has 0 bridgehead atoms. The minimum Gasteiger partial charge on any atom is -0.497 e. The fraction of sp³-hybridized carbons (Fsp3) is 0.292. The zero-order valence-corrected chi connectivity index (χ0v) is 16.5. The average Bonchev–Trinajstić information content (AvgIpc) is 3.12. The van der Waals surface area contributed by atoms with Crippen LogP contribution >= 0.6 is 0 Å². The van der Waals surface area contributed by atoms with E-state index in [-0.39, 0.29) is 5.63 Å². The van der Waals surface area contributed by atoms with Crippen molar-refractivity contribution in [1.29, 1.82) is 0 Å². The number of methoxy groups -OCH3 is 1. The maximum absolute atomic E-state index is 12.5. The zero-order valence-electron chi connectivity index (χ0n) is 16.5. The maximum atomic E-state index is 12.5. The Morgan fingerprint density at radius 2 is 1.79 bits per heavy atom. The minimum atomic E-state index is -0.234. The van der Waals surface area contributed by atoms with Gasteiger partial charge in [0.2, 0.25) is 0 Å². The van der Waals surface area contributed by atoms with Crippen LogP contribution in [0, 0.1) is 6.92 Å². The summed E-state index contributed by atoms with van der Waals surface area (Å²) in [5.74, 6) is 0.816. The Morgan fingerprint density at radius 3 is 2.50 bits per heavy atom. The molecule has 0 fully saturated rings. The lowest BCUT2D eigenvalue weighted by atomic mass is 9.98. The highest BCUT2D eigenvalue weighted by atomic mass is 16.5. The smallest absolute Gasteiger partial charge is 0.339 e. The summed E-state index contributed by atoms with van der Waals surface area (Å²) in [7, 11) is 1.66. The number of furan rings is 1. The van der Waals surface area contributed by atoms with Crippen LogP contribution in [-0.2, 0) is 6.42 Å². The van der Waals surface area contributed by atoms with Gasteiger partial charge in [-0.2, -0.15) is 0 Å². The Bertz CT molecular complexity index is 1180. The van der Waals surface area contributed by atoms with Gasteiger partial charge in [-0.1, -0.05) is 31.9 Å². The van der Waals surface area contributed by atoms with E-state index in [4.69, 9.17) is 13.6 Å². The van der Waals surface area contributed by atoms with Crippen molar-refractivity contribution in [2.24, 2.45) is 0 Å². The predicted molar refractivity (Wildman–Crippen MR) is 112 cm³/mol. The van der Waals surface area contributed by atoms with Crippen LogP contribution in [0.3, 0.4) is 0 Å². The number of benzene rings is 2. The second kappa shape index (κ2) is 7.55. The van der Waals surface area contributed by atoms with E-state index in [0.717, 1.165) is 64.5 Å². The summed E-state index contributed by atoms with van der Waals surface area (Å²) in [6.07, 6.45) is 5.74. The molecule has 2 aromatic carbocycles. The molecule has 4 nitrogen and oxygen atoms in total. The molecule has 0 saturated carbocycles. The molecule has 4 aromatic rings. The van der Waals surface area contributed by atoms with Crippen molar-refractivity contribution in [2.45, 2.75) is 39.5 Å². The third-order valence-corrected chi connectivity index (χ3v) is 5.41. The molecule has 4 rings (SSSR count). The molecule has 0 spiro atoms. The Morgan fingerprint density at radius 1 is 1.00 bits per heavy atom. The fourth-order valence-electron chi connectivity index (χ4n) is 3.75. The zero-order chi connectivity index (χ0) is 19.7. The molecule has 0 unspecified atom stereocenters. The lowest BCUT2D eigenvalue weighted by Gasteiger charge is -2.08. The van der Waals surface area contributed by atoms with Crippen molar-refractivity contribution in [3.63, 3.8) is 0 Å². The average molecular weight is 376 g/mol. The number of fused-ring (bicyclic) bond motifs is 2. The Kier molecular flexibility index (Phi) is 4.95. The Hall–Kier alpha value is -3.01. The first-order chi connectivity index (χ1) is 13.6. The summed E-state index contributed by atoms with van der Waals surface area (Å²) >= 11 is 0. The van der Waals surface area contributed by atoms with E-state index in [2.05, 4.69) is 13.0 Å². The van der Waals surface area contributed by atoms with Gasteiger partial charge in [0.25, 0.3) is 0 Å². The number of hydrogen-bond acceptors (Lipinski definition) is 4. The molecule has 28 heavy (non-hydrogen) atoms. The molecular formula is C24H24O4. The summed E-state index contributed by atoms with van der Waals surface area (Å²) < 4.78 is 16.6. The first kappa shape index (κ1) is 18.4. The molecule has 0 radical (unpaired) electrons. The van der Waals surface area contributed by atoms with Crippen LogP contribution in [0.25, 0.3) is 33.1 Å². The van der Waals surface area contributed by atoms with Crippen LogP contribution in [0.4, 0.5) is 0 Å². The molecule has 2 aromatic heterocycles. The van der Waals surface area contributed by atoms with E-state index in [9.17, 15) is 4.79 Å². The predicted octanol–water partition coefficient (Wildman–Crippen LogP) is 6.26.